The maximum Gasteiger partial charge on any atom is 0.0586 e. The van der Waals surface area contributed by atoms with E-state index in [0.717, 1.165) is 37.6 Å². The molecule has 2 unspecified atom stereocenters. The first-order chi connectivity index (χ1) is 13.6. The first-order valence-corrected chi connectivity index (χ1v) is 11.0. The molecule has 1 fully saturated rings. The minimum absolute atomic E-state index is 0.245. The molecule has 2 aromatic rings. The Hall–Kier alpha value is -1.53. The van der Waals surface area contributed by atoms with E-state index < -0.39 is 12.0 Å². The molecule has 0 bridgehead atoms. The molecule has 2 atom stereocenters. The molecule has 0 radical (unpaired) electrons. The minimum atomic E-state index is -0.965. The van der Waals surface area contributed by atoms with Gasteiger partial charge in [0.2, 0.25) is 0 Å². The third-order valence-electron chi connectivity index (χ3n) is 5.83. The van der Waals surface area contributed by atoms with Gasteiger partial charge in [-0.15, -0.1) is 0 Å². The largest absolute Gasteiger partial charge is 0.548 e. The molecule has 2 aromatic carbocycles. The monoisotopic (exact) mass is 415 g/mol. The van der Waals surface area contributed by atoms with Crippen molar-refractivity contribution >= 4 is 29.3 Å². The van der Waals surface area contributed by atoms with Crippen LogP contribution >= 0.6 is 23.4 Å². The fraction of sp³-hybridized carbons (Fsp3) is 0.409. The molecule has 6 heteroatoms. The van der Waals surface area contributed by atoms with Crippen LogP contribution in [0.1, 0.15) is 30.5 Å². The lowest BCUT2D eigenvalue weighted by molar-refractivity contribution is -0.312. The number of carbonyl (C=O) groups is 1. The number of benzene rings is 2. The number of hydrogen-bond acceptors (Lipinski definition) is 5. The summed E-state index contributed by atoms with van der Waals surface area (Å²) in [6, 6.07) is 14.5. The lowest BCUT2D eigenvalue weighted by Gasteiger charge is -2.42. The number of carbonyl (C=O) groups excluding carboxylic acids is 1. The van der Waals surface area contributed by atoms with Crippen molar-refractivity contribution in [3.05, 3.63) is 58.6 Å². The van der Waals surface area contributed by atoms with Crippen molar-refractivity contribution in [3.8, 4) is 0 Å². The zero-order valence-electron chi connectivity index (χ0n) is 15.9. The number of hydrogen-bond donors (Lipinski definition) is 0. The Morgan fingerprint density at radius 2 is 1.93 bits per heavy atom. The zero-order chi connectivity index (χ0) is 19.7. The quantitative estimate of drug-likeness (QED) is 0.767. The molecule has 28 heavy (non-hydrogen) atoms. The molecule has 0 aromatic heterocycles. The standard InChI is InChI=1S/C22H25ClN2O2S/c1-2-18(22(26)27)24-9-11-25(12-10-24)19-13-15-5-3-4-6-20(15)28-21-8-7-16(23)14-17(19)21/h3-8,14,18-19H,2,9-13H2,1H3,(H,26,27)/p-1. The molecule has 0 amide bonds. The van der Waals surface area contributed by atoms with E-state index in [4.69, 9.17) is 11.6 Å². The Morgan fingerprint density at radius 1 is 1.18 bits per heavy atom. The van der Waals surface area contributed by atoms with Gasteiger partial charge >= 0.3 is 0 Å². The molecule has 0 saturated carbocycles. The van der Waals surface area contributed by atoms with Crippen LogP contribution < -0.4 is 5.11 Å². The van der Waals surface area contributed by atoms with Crippen LogP contribution in [0.5, 0.6) is 0 Å². The molecule has 0 N–H and O–H groups in total. The van der Waals surface area contributed by atoms with Crippen LogP contribution in [0.4, 0.5) is 0 Å². The van der Waals surface area contributed by atoms with E-state index in [0.29, 0.717) is 6.42 Å². The van der Waals surface area contributed by atoms with E-state index in [-0.39, 0.29) is 6.04 Å². The Balaban J connectivity index is 1.60. The van der Waals surface area contributed by atoms with E-state index >= 15 is 0 Å². The molecule has 4 nitrogen and oxygen atoms in total. The van der Waals surface area contributed by atoms with Crippen molar-refractivity contribution in [2.24, 2.45) is 0 Å². The van der Waals surface area contributed by atoms with Crippen LogP contribution in [-0.4, -0.2) is 48.0 Å². The fourth-order valence-electron chi connectivity index (χ4n) is 4.34. The van der Waals surface area contributed by atoms with Gasteiger partial charge < -0.3 is 9.90 Å². The molecule has 2 heterocycles. The van der Waals surface area contributed by atoms with Crippen molar-refractivity contribution in [2.75, 3.05) is 26.2 Å². The summed E-state index contributed by atoms with van der Waals surface area (Å²) < 4.78 is 0. The van der Waals surface area contributed by atoms with Gasteiger partial charge in [-0.05, 0) is 48.2 Å². The molecular weight excluding hydrogens is 392 g/mol. The van der Waals surface area contributed by atoms with Gasteiger partial charge in [-0.1, -0.05) is 48.5 Å². The summed E-state index contributed by atoms with van der Waals surface area (Å²) in [4.78, 5) is 18.5. The van der Waals surface area contributed by atoms with Crippen LogP contribution in [0.3, 0.4) is 0 Å². The van der Waals surface area contributed by atoms with Gasteiger partial charge in [-0.2, -0.15) is 0 Å². The maximum absolute atomic E-state index is 11.4. The number of nitrogens with zero attached hydrogens (tertiary/aromatic N) is 2. The van der Waals surface area contributed by atoms with E-state index in [1.807, 2.05) is 29.7 Å². The predicted octanol–water partition coefficient (Wildman–Crippen LogP) is 3.23. The third-order valence-corrected chi connectivity index (χ3v) is 7.27. The van der Waals surface area contributed by atoms with Crippen LogP contribution in [0.15, 0.2) is 52.3 Å². The minimum Gasteiger partial charge on any atom is -0.548 e. The van der Waals surface area contributed by atoms with E-state index in [2.05, 4.69) is 41.3 Å². The van der Waals surface area contributed by atoms with Crippen LogP contribution in [-0.2, 0) is 11.2 Å². The van der Waals surface area contributed by atoms with Gasteiger partial charge in [0, 0.05) is 53.1 Å². The maximum atomic E-state index is 11.4. The summed E-state index contributed by atoms with van der Waals surface area (Å²) in [5.74, 6) is -0.965. The average molecular weight is 416 g/mol. The number of aliphatic carboxylic acids is 1. The van der Waals surface area contributed by atoms with Crippen LogP contribution in [0.2, 0.25) is 5.02 Å². The third kappa shape index (κ3) is 3.94. The first kappa shape index (κ1) is 19.8. The van der Waals surface area contributed by atoms with E-state index in [1.54, 1.807) is 0 Å². The molecule has 0 spiro atoms. The first-order valence-electron chi connectivity index (χ1n) is 9.81. The number of fused-ring (bicyclic) bond motifs is 2. The van der Waals surface area contributed by atoms with E-state index in [1.165, 1.54) is 20.9 Å². The van der Waals surface area contributed by atoms with Crippen LogP contribution in [0, 0.1) is 0 Å². The average Bonchev–Trinajstić information content (AvgIpc) is 2.85. The topological polar surface area (TPSA) is 46.6 Å². The highest BCUT2D eigenvalue weighted by atomic mass is 35.5. The lowest BCUT2D eigenvalue weighted by Crippen LogP contribution is -2.56. The Kier molecular flexibility index (Phi) is 5.97. The molecule has 0 aliphatic carbocycles. The molecule has 4 rings (SSSR count). The van der Waals surface area contributed by atoms with Gasteiger partial charge in [-0.25, -0.2) is 0 Å². The van der Waals surface area contributed by atoms with Gasteiger partial charge in [0.05, 0.1) is 5.97 Å². The SMILES string of the molecule is CCC(C(=O)[O-])N1CCN(C2Cc3ccccc3Sc3ccc(Cl)cc32)CC1. The number of rotatable bonds is 4. The summed E-state index contributed by atoms with van der Waals surface area (Å²) in [6.45, 7) is 5.08. The number of carboxylic acid groups (broad SMARTS) is 1. The van der Waals surface area contributed by atoms with Crippen molar-refractivity contribution in [1.82, 2.24) is 9.80 Å². The Morgan fingerprint density at radius 3 is 2.64 bits per heavy atom. The van der Waals surface area contributed by atoms with Gasteiger partial charge in [0.1, 0.15) is 0 Å². The van der Waals surface area contributed by atoms with Crippen molar-refractivity contribution < 1.29 is 9.90 Å². The summed E-state index contributed by atoms with van der Waals surface area (Å²) in [7, 11) is 0. The molecule has 2 aliphatic rings. The molecule has 1 saturated heterocycles. The van der Waals surface area contributed by atoms with Crippen molar-refractivity contribution in [1.29, 1.82) is 0 Å². The smallest absolute Gasteiger partial charge is 0.0586 e. The summed E-state index contributed by atoms with van der Waals surface area (Å²) in [6.07, 6.45) is 1.52. The summed E-state index contributed by atoms with van der Waals surface area (Å²) in [5, 5.41) is 12.2. The van der Waals surface area contributed by atoms with Gasteiger partial charge in [0.15, 0.2) is 0 Å². The Labute approximate surface area is 175 Å². The summed E-state index contributed by atoms with van der Waals surface area (Å²) >= 11 is 8.17. The highest BCUT2D eigenvalue weighted by molar-refractivity contribution is 7.99. The normalized spacial score (nSPS) is 21.4. The second-order valence-corrected chi connectivity index (χ2v) is 8.95. The van der Waals surface area contributed by atoms with Crippen molar-refractivity contribution in [2.45, 2.75) is 41.6 Å². The Bertz CT molecular complexity index is 867. The zero-order valence-corrected chi connectivity index (χ0v) is 17.5. The molecule has 148 valence electrons. The number of halogens is 1. The number of carboxylic acids is 1. The second kappa shape index (κ2) is 8.46. The highest BCUT2D eigenvalue weighted by Gasteiger charge is 2.31. The predicted molar refractivity (Wildman–Crippen MR) is 111 cm³/mol. The van der Waals surface area contributed by atoms with E-state index in [9.17, 15) is 9.90 Å². The molecular formula is C22H24ClN2O2S-. The number of piperazine rings is 1. The lowest BCUT2D eigenvalue weighted by atomic mass is 9.96. The summed E-state index contributed by atoms with van der Waals surface area (Å²) in [5.41, 5.74) is 2.63. The fourth-order valence-corrected chi connectivity index (χ4v) is 5.64. The highest BCUT2D eigenvalue weighted by Crippen LogP contribution is 2.43. The van der Waals surface area contributed by atoms with Gasteiger partial charge in [0.25, 0.3) is 0 Å². The molecule has 2 aliphatic heterocycles. The second-order valence-electron chi connectivity index (χ2n) is 7.43. The van der Waals surface area contributed by atoms with Crippen molar-refractivity contribution in [3.63, 3.8) is 0 Å². The van der Waals surface area contributed by atoms with Gasteiger partial charge in [-0.3, -0.25) is 9.80 Å². The van der Waals surface area contributed by atoms with Crippen LogP contribution in [0.25, 0.3) is 0 Å².